The molecule has 0 saturated carbocycles. The Kier molecular flexibility index (Phi) is 5.48. The highest BCUT2D eigenvalue weighted by Crippen LogP contribution is 2.47. The number of ether oxygens (including phenoxy) is 3. The molecule has 2 aromatic rings. The Morgan fingerprint density at radius 1 is 1.19 bits per heavy atom. The average molecular weight is 433 g/mol. The molecule has 0 aromatic heterocycles. The highest BCUT2D eigenvalue weighted by Gasteiger charge is 2.33. The Labute approximate surface area is 190 Å². The molecule has 0 amide bonds. The van der Waals surface area contributed by atoms with Crippen LogP contribution in [0.2, 0.25) is 0 Å². The van der Waals surface area contributed by atoms with Crippen LogP contribution in [0, 0.1) is 5.41 Å². The summed E-state index contributed by atoms with van der Waals surface area (Å²) < 4.78 is 17.1. The van der Waals surface area contributed by atoms with E-state index in [1.54, 1.807) is 0 Å². The maximum Gasteiger partial charge on any atom is 0.306 e. The van der Waals surface area contributed by atoms with Crippen molar-refractivity contribution < 1.29 is 19.0 Å². The van der Waals surface area contributed by atoms with Crippen LogP contribution in [0.15, 0.2) is 42.5 Å². The SMILES string of the molecule is COC(=O)C[C@@H]1COc2cc(O[C@@H]3CCc4c(C5=CCCCC5(C)C)cccc43)ccc21. The predicted molar refractivity (Wildman–Crippen MR) is 125 cm³/mol. The van der Waals surface area contributed by atoms with Gasteiger partial charge in [0.15, 0.2) is 0 Å². The van der Waals surface area contributed by atoms with Gasteiger partial charge in [0.1, 0.15) is 17.6 Å². The Bertz CT molecular complexity index is 1070. The number of hydrogen-bond acceptors (Lipinski definition) is 4. The first-order valence-electron chi connectivity index (χ1n) is 11.8. The summed E-state index contributed by atoms with van der Waals surface area (Å²) in [6.45, 7) is 5.26. The van der Waals surface area contributed by atoms with Crippen molar-refractivity contribution in [3.63, 3.8) is 0 Å². The lowest BCUT2D eigenvalue weighted by molar-refractivity contribution is -0.141. The molecule has 168 valence electrons. The summed E-state index contributed by atoms with van der Waals surface area (Å²) in [5.74, 6) is 1.48. The van der Waals surface area contributed by atoms with E-state index in [0.717, 1.165) is 29.9 Å². The molecule has 0 radical (unpaired) electrons. The molecule has 3 aliphatic rings. The minimum absolute atomic E-state index is 0.0494. The predicted octanol–water partition coefficient (Wildman–Crippen LogP) is 6.39. The van der Waals surface area contributed by atoms with Gasteiger partial charge >= 0.3 is 5.97 Å². The molecule has 32 heavy (non-hydrogen) atoms. The van der Waals surface area contributed by atoms with E-state index < -0.39 is 0 Å². The molecule has 4 nitrogen and oxygen atoms in total. The topological polar surface area (TPSA) is 44.8 Å². The summed E-state index contributed by atoms with van der Waals surface area (Å²) in [7, 11) is 1.42. The monoisotopic (exact) mass is 432 g/mol. The summed E-state index contributed by atoms with van der Waals surface area (Å²) in [6, 6.07) is 12.7. The molecule has 1 heterocycles. The zero-order valence-electron chi connectivity index (χ0n) is 19.3. The van der Waals surface area contributed by atoms with Crippen molar-refractivity contribution in [2.45, 2.75) is 64.4 Å². The third kappa shape index (κ3) is 3.80. The van der Waals surface area contributed by atoms with Gasteiger partial charge in [0.05, 0.1) is 20.1 Å². The Balaban J connectivity index is 1.37. The fraction of sp³-hybridized carbons (Fsp3) is 0.464. The molecular formula is C28H32O4. The van der Waals surface area contributed by atoms with Crippen LogP contribution in [0.4, 0.5) is 0 Å². The van der Waals surface area contributed by atoms with E-state index in [1.165, 1.54) is 48.6 Å². The van der Waals surface area contributed by atoms with Gasteiger partial charge < -0.3 is 14.2 Å². The van der Waals surface area contributed by atoms with Crippen LogP contribution in [0.1, 0.15) is 80.2 Å². The minimum Gasteiger partial charge on any atom is -0.492 e. The summed E-state index contributed by atoms with van der Waals surface area (Å²) in [4.78, 5) is 11.7. The molecule has 1 aliphatic heterocycles. The fourth-order valence-corrected chi connectivity index (χ4v) is 5.62. The number of fused-ring (bicyclic) bond motifs is 2. The van der Waals surface area contributed by atoms with E-state index in [0.29, 0.717) is 13.0 Å². The molecule has 0 fully saturated rings. The molecule has 5 rings (SSSR count). The lowest BCUT2D eigenvalue weighted by Crippen LogP contribution is -2.18. The second-order valence-electron chi connectivity index (χ2n) is 9.90. The quantitative estimate of drug-likeness (QED) is 0.514. The van der Waals surface area contributed by atoms with Gasteiger partial charge in [-0.25, -0.2) is 0 Å². The second kappa shape index (κ2) is 8.31. The highest BCUT2D eigenvalue weighted by molar-refractivity contribution is 5.74. The van der Waals surface area contributed by atoms with Crippen molar-refractivity contribution in [3.8, 4) is 11.5 Å². The highest BCUT2D eigenvalue weighted by atomic mass is 16.5. The maximum atomic E-state index is 11.7. The summed E-state index contributed by atoms with van der Waals surface area (Å²) >= 11 is 0. The Morgan fingerprint density at radius 2 is 2.06 bits per heavy atom. The van der Waals surface area contributed by atoms with Gasteiger partial charge in [-0.1, -0.05) is 44.2 Å². The number of esters is 1. The van der Waals surface area contributed by atoms with Gasteiger partial charge in [-0.15, -0.1) is 0 Å². The van der Waals surface area contributed by atoms with Crippen molar-refractivity contribution in [1.29, 1.82) is 0 Å². The zero-order valence-corrected chi connectivity index (χ0v) is 19.3. The molecule has 2 aromatic carbocycles. The van der Waals surface area contributed by atoms with E-state index in [4.69, 9.17) is 14.2 Å². The normalized spacial score (nSPS) is 23.0. The molecule has 2 atom stereocenters. The van der Waals surface area contributed by atoms with Gasteiger partial charge in [0.2, 0.25) is 0 Å². The molecule has 4 heteroatoms. The number of carbonyl (C=O) groups excluding carboxylic acids is 1. The van der Waals surface area contributed by atoms with Crippen LogP contribution < -0.4 is 9.47 Å². The number of allylic oxidation sites excluding steroid dienone is 2. The Morgan fingerprint density at radius 3 is 2.88 bits per heavy atom. The molecule has 0 unspecified atom stereocenters. The molecule has 0 N–H and O–H groups in total. The van der Waals surface area contributed by atoms with E-state index in [2.05, 4.69) is 38.1 Å². The number of hydrogen-bond donors (Lipinski definition) is 0. The van der Waals surface area contributed by atoms with Crippen molar-refractivity contribution in [3.05, 3.63) is 64.7 Å². The summed E-state index contributed by atoms with van der Waals surface area (Å²) in [5, 5.41) is 0. The van der Waals surface area contributed by atoms with Gasteiger partial charge in [-0.3, -0.25) is 4.79 Å². The van der Waals surface area contributed by atoms with Crippen molar-refractivity contribution in [2.75, 3.05) is 13.7 Å². The van der Waals surface area contributed by atoms with Crippen LogP contribution in [0.25, 0.3) is 5.57 Å². The van der Waals surface area contributed by atoms with Crippen molar-refractivity contribution in [2.24, 2.45) is 5.41 Å². The van der Waals surface area contributed by atoms with Crippen LogP contribution in [0.5, 0.6) is 11.5 Å². The number of rotatable bonds is 5. The van der Waals surface area contributed by atoms with Gasteiger partial charge in [-0.2, -0.15) is 0 Å². The number of benzene rings is 2. The molecule has 0 saturated heterocycles. The van der Waals surface area contributed by atoms with Gasteiger partial charge in [0, 0.05) is 17.5 Å². The molecule has 0 spiro atoms. The van der Waals surface area contributed by atoms with E-state index >= 15 is 0 Å². The van der Waals surface area contributed by atoms with Crippen molar-refractivity contribution in [1.82, 2.24) is 0 Å². The third-order valence-corrected chi connectivity index (χ3v) is 7.37. The lowest BCUT2D eigenvalue weighted by Gasteiger charge is -2.33. The fourth-order valence-electron chi connectivity index (χ4n) is 5.62. The first-order valence-corrected chi connectivity index (χ1v) is 11.8. The second-order valence-corrected chi connectivity index (χ2v) is 9.90. The van der Waals surface area contributed by atoms with E-state index in [-0.39, 0.29) is 23.4 Å². The third-order valence-electron chi connectivity index (χ3n) is 7.37. The van der Waals surface area contributed by atoms with Gasteiger partial charge in [0.25, 0.3) is 0 Å². The van der Waals surface area contributed by atoms with Crippen molar-refractivity contribution >= 4 is 11.5 Å². The smallest absolute Gasteiger partial charge is 0.306 e. The van der Waals surface area contributed by atoms with Gasteiger partial charge in [-0.05, 0) is 65.8 Å². The standard InChI is InChI=1S/C28H32O4/c1-28(2)14-5-4-9-24(28)22-7-6-8-23-21(22)12-13-25(23)32-19-10-11-20-18(15-27(29)30-3)17-31-26(20)16-19/h6-11,16,18,25H,4-5,12-15,17H2,1-3H3/t18-,25-/m1/s1. The molecular weight excluding hydrogens is 400 g/mol. The first-order chi connectivity index (χ1) is 15.5. The average Bonchev–Trinajstić information content (AvgIpc) is 3.37. The largest absolute Gasteiger partial charge is 0.492 e. The van der Waals surface area contributed by atoms with E-state index in [9.17, 15) is 4.79 Å². The minimum atomic E-state index is -0.207. The van der Waals surface area contributed by atoms with Crippen LogP contribution in [0.3, 0.4) is 0 Å². The first kappa shape index (κ1) is 21.1. The maximum absolute atomic E-state index is 11.7. The van der Waals surface area contributed by atoms with E-state index in [1.807, 2.05) is 18.2 Å². The zero-order chi connectivity index (χ0) is 22.3. The summed E-state index contributed by atoms with van der Waals surface area (Å²) in [6.07, 6.45) is 8.59. The molecule has 2 aliphatic carbocycles. The Hall–Kier alpha value is -2.75. The van der Waals surface area contributed by atoms with Crippen LogP contribution in [-0.2, 0) is 16.0 Å². The summed E-state index contributed by atoms with van der Waals surface area (Å²) in [5.41, 5.74) is 6.97. The van der Waals surface area contributed by atoms with Crippen LogP contribution in [-0.4, -0.2) is 19.7 Å². The van der Waals surface area contributed by atoms with Crippen LogP contribution >= 0.6 is 0 Å². The number of carbonyl (C=O) groups is 1. The molecule has 0 bridgehead atoms. The lowest BCUT2D eigenvalue weighted by atomic mass is 9.72. The number of methoxy groups -OCH3 is 1.